The van der Waals surface area contributed by atoms with Gasteiger partial charge in [-0.05, 0) is 42.3 Å². The third-order valence-corrected chi connectivity index (χ3v) is 3.61. The van der Waals surface area contributed by atoms with Crippen LogP contribution < -0.4 is 10.9 Å². The van der Waals surface area contributed by atoms with Crippen LogP contribution in [-0.2, 0) is 11.2 Å². The SMILES string of the molecule is O=C(CCc1ccc(F)cc1)NNC(=O)c1cc(Cl)ccc1Cl. The molecule has 0 atom stereocenters. The van der Waals surface area contributed by atoms with Gasteiger partial charge in [0.05, 0.1) is 10.6 Å². The molecule has 0 fully saturated rings. The van der Waals surface area contributed by atoms with Crippen molar-refractivity contribution in [1.82, 2.24) is 10.9 Å². The van der Waals surface area contributed by atoms with Crippen LogP contribution in [0.1, 0.15) is 22.3 Å². The average molecular weight is 355 g/mol. The van der Waals surface area contributed by atoms with Crippen molar-refractivity contribution < 1.29 is 14.0 Å². The number of amides is 2. The van der Waals surface area contributed by atoms with Gasteiger partial charge >= 0.3 is 0 Å². The Bertz CT molecular complexity index is 721. The predicted molar refractivity (Wildman–Crippen MR) is 86.8 cm³/mol. The molecule has 0 saturated carbocycles. The van der Waals surface area contributed by atoms with E-state index >= 15 is 0 Å². The summed E-state index contributed by atoms with van der Waals surface area (Å²) in [6, 6.07) is 10.3. The van der Waals surface area contributed by atoms with Crippen molar-refractivity contribution in [2.75, 3.05) is 0 Å². The summed E-state index contributed by atoms with van der Waals surface area (Å²) in [4.78, 5) is 23.6. The number of hydrazine groups is 1. The molecule has 2 amide bonds. The van der Waals surface area contributed by atoms with Crippen molar-refractivity contribution >= 4 is 35.0 Å². The first-order chi connectivity index (χ1) is 11.0. The minimum atomic E-state index is -0.562. The number of hydrogen-bond donors (Lipinski definition) is 2. The van der Waals surface area contributed by atoms with Gasteiger partial charge in [-0.1, -0.05) is 35.3 Å². The van der Waals surface area contributed by atoms with Gasteiger partial charge in [-0.15, -0.1) is 0 Å². The largest absolute Gasteiger partial charge is 0.273 e. The van der Waals surface area contributed by atoms with Gasteiger partial charge in [-0.2, -0.15) is 0 Å². The van der Waals surface area contributed by atoms with Crippen LogP contribution in [0.4, 0.5) is 4.39 Å². The van der Waals surface area contributed by atoms with Gasteiger partial charge < -0.3 is 0 Å². The molecule has 7 heteroatoms. The first kappa shape index (κ1) is 17.2. The van der Waals surface area contributed by atoms with Crippen LogP contribution in [0.2, 0.25) is 10.0 Å². The highest BCUT2D eigenvalue weighted by molar-refractivity contribution is 6.35. The second-order valence-electron chi connectivity index (χ2n) is 4.75. The molecule has 2 rings (SSSR count). The molecule has 2 N–H and O–H groups in total. The maximum absolute atomic E-state index is 12.8. The Morgan fingerprint density at radius 1 is 1.00 bits per heavy atom. The summed E-state index contributed by atoms with van der Waals surface area (Å²) in [5.74, 6) is -1.27. The number of aryl methyl sites for hydroxylation is 1. The summed E-state index contributed by atoms with van der Waals surface area (Å²) < 4.78 is 12.8. The Morgan fingerprint density at radius 3 is 2.39 bits per heavy atom. The molecule has 4 nitrogen and oxygen atoms in total. The molecule has 0 unspecified atom stereocenters. The lowest BCUT2D eigenvalue weighted by Gasteiger charge is -2.09. The van der Waals surface area contributed by atoms with Crippen LogP contribution in [-0.4, -0.2) is 11.8 Å². The summed E-state index contributed by atoms with van der Waals surface area (Å²) in [7, 11) is 0. The normalized spacial score (nSPS) is 10.2. The van der Waals surface area contributed by atoms with Gasteiger partial charge in [0, 0.05) is 11.4 Å². The fraction of sp³-hybridized carbons (Fsp3) is 0.125. The summed E-state index contributed by atoms with van der Waals surface area (Å²) in [6.07, 6.45) is 0.578. The van der Waals surface area contributed by atoms with E-state index in [-0.39, 0.29) is 28.7 Å². The number of carbonyl (C=O) groups is 2. The van der Waals surface area contributed by atoms with E-state index in [2.05, 4.69) is 10.9 Å². The van der Waals surface area contributed by atoms with Crippen molar-refractivity contribution in [2.24, 2.45) is 0 Å². The maximum atomic E-state index is 12.8. The number of hydrogen-bond acceptors (Lipinski definition) is 2. The lowest BCUT2D eigenvalue weighted by molar-refractivity contribution is -0.121. The zero-order valence-electron chi connectivity index (χ0n) is 11.9. The molecule has 0 saturated heterocycles. The van der Waals surface area contributed by atoms with Crippen molar-refractivity contribution in [3.05, 3.63) is 69.5 Å². The molecule has 0 heterocycles. The highest BCUT2D eigenvalue weighted by atomic mass is 35.5. The second-order valence-corrected chi connectivity index (χ2v) is 5.60. The monoisotopic (exact) mass is 354 g/mol. The van der Waals surface area contributed by atoms with E-state index < -0.39 is 5.91 Å². The Balaban J connectivity index is 1.83. The molecule has 120 valence electrons. The average Bonchev–Trinajstić information content (AvgIpc) is 2.54. The van der Waals surface area contributed by atoms with Crippen LogP contribution in [0.3, 0.4) is 0 Å². The Hall–Kier alpha value is -2.11. The number of carbonyl (C=O) groups excluding carboxylic acids is 2. The highest BCUT2D eigenvalue weighted by Gasteiger charge is 2.12. The number of halogens is 3. The molecule has 0 aliphatic carbocycles. The van der Waals surface area contributed by atoms with E-state index in [1.165, 1.54) is 24.3 Å². The van der Waals surface area contributed by atoms with Gasteiger partial charge in [0.1, 0.15) is 5.82 Å². The lowest BCUT2D eigenvalue weighted by Crippen LogP contribution is -2.41. The topological polar surface area (TPSA) is 58.2 Å². The molecule has 0 aliphatic rings. The van der Waals surface area contributed by atoms with E-state index in [0.717, 1.165) is 5.56 Å². The standard InChI is InChI=1S/C16H13Cl2FN2O2/c17-11-4-7-14(18)13(9-11)16(23)21-20-15(22)8-3-10-1-5-12(19)6-2-10/h1-2,4-7,9H,3,8H2,(H,20,22)(H,21,23). The quantitative estimate of drug-likeness (QED) is 0.825. The first-order valence-electron chi connectivity index (χ1n) is 6.74. The molecule has 0 aromatic heterocycles. The third kappa shape index (κ3) is 5.23. The number of rotatable bonds is 4. The van der Waals surface area contributed by atoms with E-state index in [9.17, 15) is 14.0 Å². The van der Waals surface area contributed by atoms with Crippen LogP contribution >= 0.6 is 23.2 Å². The lowest BCUT2D eigenvalue weighted by atomic mass is 10.1. The maximum Gasteiger partial charge on any atom is 0.271 e. The van der Waals surface area contributed by atoms with Crippen molar-refractivity contribution in [3.63, 3.8) is 0 Å². The minimum Gasteiger partial charge on any atom is -0.273 e. The fourth-order valence-corrected chi connectivity index (χ4v) is 2.21. The van der Waals surface area contributed by atoms with E-state index in [1.807, 2.05) is 0 Å². The van der Waals surface area contributed by atoms with Gasteiger partial charge in [0.25, 0.3) is 5.91 Å². The smallest absolute Gasteiger partial charge is 0.271 e. The van der Waals surface area contributed by atoms with Crippen LogP contribution in [0.25, 0.3) is 0 Å². The molecule has 0 spiro atoms. The molecule has 23 heavy (non-hydrogen) atoms. The predicted octanol–water partition coefficient (Wildman–Crippen LogP) is 3.53. The summed E-state index contributed by atoms with van der Waals surface area (Å²) in [5.41, 5.74) is 5.56. The molecular weight excluding hydrogens is 342 g/mol. The van der Waals surface area contributed by atoms with Crippen LogP contribution in [0, 0.1) is 5.82 Å². The molecule has 0 bridgehead atoms. The van der Waals surface area contributed by atoms with Crippen molar-refractivity contribution in [3.8, 4) is 0 Å². The van der Waals surface area contributed by atoms with E-state index in [0.29, 0.717) is 11.4 Å². The first-order valence-corrected chi connectivity index (χ1v) is 7.50. The van der Waals surface area contributed by atoms with Gasteiger partial charge in [0.2, 0.25) is 5.91 Å². The molecule has 0 radical (unpaired) electrons. The highest BCUT2D eigenvalue weighted by Crippen LogP contribution is 2.20. The zero-order valence-corrected chi connectivity index (χ0v) is 13.4. The van der Waals surface area contributed by atoms with E-state index in [1.54, 1.807) is 18.2 Å². The van der Waals surface area contributed by atoms with Crippen molar-refractivity contribution in [1.29, 1.82) is 0 Å². The summed E-state index contributed by atoms with van der Waals surface area (Å²) >= 11 is 11.7. The Labute approximate surface area is 142 Å². The molecule has 2 aromatic carbocycles. The van der Waals surface area contributed by atoms with Gasteiger partial charge in [-0.25, -0.2) is 4.39 Å². The number of benzene rings is 2. The second kappa shape index (κ2) is 7.94. The number of nitrogens with one attached hydrogen (secondary N) is 2. The molecular formula is C16H13Cl2FN2O2. The van der Waals surface area contributed by atoms with Crippen LogP contribution in [0.15, 0.2) is 42.5 Å². The molecule has 0 aliphatic heterocycles. The van der Waals surface area contributed by atoms with Crippen molar-refractivity contribution in [2.45, 2.75) is 12.8 Å². The van der Waals surface area contributed by atoms with E-state index in [4.69, 9.17) is 23.2 Å². The summed E-state index contributed by atoms with van der Waals surface area (Å²) in [5, 5.41) is 0.592. The Kier molecular flexibility index (Phi) is 5.96. The zero-order chi connectivity index (χ0) is 16.8. The summed E-state index contributed by atoms with van der Waals surface area (Å²) in [6.45, 7) is 0. The third-order valence-electron chi connectivity index (χ3n) is 3.04. The van der Waals surface area contributed by atoms with Gasteiger partial charge in [-0.3, -0.25) is 20.4 Å². The molecule has 2 aromatic rings. The fourth-order valence-electron chi connectivity index (χ4n) is 1.84. The van der Waals surface area contributed by atoms with Gasteiger partial charge in [0.15, 0.2) is 0 Å². The minimum absolute atomic E-state index is 0.148. The Morgan fingerprint density at radius 2 is 1.70 bits per heavy atom. The van der Waals surface area contributed by atoms with Crippen LogP contribution in [0.5, 0.6) is 0 Å².